The van der Waals surface area contributed by atoms with Crippen LogP contribution in [-0.4, -0.2) is 98.3 Å². The van der Waals surface area contributed by atoms with E-state index in [-0.39, 0.29) is 29.8 Å². The minimum atomic E-state index is -0.233. The molecule has 1 aliphatic rings. The molecule has 0 saturated carbocycles. The first-order valence-corrected chi connectivity index (χ1v) is 11.8. The van der Waals surface area contributed by atoms with E-state index in [0.29, 0.717) is 44.3 Å². The maximum Gasteiger partial charge on any atom is 0.276 e. The first kappa shape index (κ1) is 25.7. The molecule has 1 aromatic heterocycles. The normalized spacial score (nSPS) is 14.4. The van der Waals surface area contributed by atoms with E-state index in [1.807, 2.05) is 43.0 Å². The van der Waals surface area contributed by atoms with Crippen LogP contribution in [0.2, 0.25) is 0 Å². The summed E-state index contributed by atoms with van der Waals surface area (Å²) < 4.78 is 15.8. The van der Waals surface area contributed by atoms with Crippen LogP contribution in [0, 0.1) is 5.92 Å². The third-order valence-corrected chi connectivity index (χ3v) is 5.89. The Morgan fingerprint density at radius 3 is 2.59 bits per heavy atom. The van der Waals surface area contributed by atoms with Crippen molar-refractivity contribution in [2.75, 3.05) is 66.6 Å². The van der Waals surface area contributed by atoms with E-state index in [2.05, 4.69) is 10.1 Å². The fraction of sp³-hybridized carbons (Fsp3) is 0.560. The van der Waals surface area contributed by atoms with Crippen LogP contribution in [-0.2, 0) is 9.53 Å². The molecule has 9 nitrogen and oxygen atoms in total. The summed E-state index contributed by atoms with van der Waals surface area (Å²) in [6, 6.07) is 9.04. The SMILES string of the molecule is COCCN1CCN(C(=O)CCN(CC(C)C)C(=O)c2cc(-c3cccc(OC)c3)on2)CC1. The van der Waals surface area contributed by atoms with Crippen molar-refractivity contribution in [1.82, 2.24) is 19.9 Å². The van der Waals surface area contributed by atoms with Crippen molar-refractivity contribution in [3.63, 3.8) is 0 Å². The summed E-state index contributed by atoms with van der Waals surface area (Å²) in [5.74, 6) is 1.29. The number of hydrogen-bond donors (Lipinski definition) is 0. The van der Waals surface area contributed by atoms with Gasteiger partial charge in [0.2, 0.25) is 5.91 Å². The number of nitrogens with zero attached hydrogens (tertiary/aromatic N) is 4. The largest absolute Gasteiger partial charge is 0.497 e. The highest BCUT2D eigenvalue weighted by molar-refractivity contribution is 5.93. The van der Waals surface area contributed by atoms with Crippen LogP contribution in [0.4, 0.5) is 0 Å². The van der Waals surface area contributed by atoms with Gasteiger partial charge in [0.05, 0.1) is 13.7 Å². The van der Waals surface area contributed by atoms with Crippen LogP contribution in [0.1, 0.15) is 30.8 Å². The quantitative estimate of drug-likeness (QED) is 0.497. The van der Waals surface area contributed by atoms with Crippen molar-refractivity contribution < 1.29 is 23.6 Å². The summed E-state index contributed by atoms with van der Waals surface area (Å²) >= 11 is 0. The lowest BCUT2D eigenvalue weighted by atomic mass is 10.1. The topological polar surface area (TPSA) is 88.4 Å². The van der Waals surface area contributed by atoms with Gasteiger partial charge in [0, 0.05) is 71.0 Å². The second-order valence-electron chi connectivity index (χ2n) is 8.92. The number of hydrogen-bond acceptors (Lipinski definition) is 7. The van der Waals surface area contributed by atoms with Crippen molar-refractivity contribution in [2.45, 2.75) is 20.3 Å². The molecule has 1 fully saturated rings. The van der Waals surface area contributed by atoms with Gasteiger partial charge in [-0.3, -0.25) is 14.5 Å². The van der Waals surface area contributed by atoms with E-state index in [9.17, 15) is 9.59 Å². The average molecular weight is 473 g/mol. The Balaban J connectivity index is 1.59. The minimum absolute atomic E-state index is 0.0742. The van der Waals surface area contributed by atoms with Gasteiger partial charge in [-0.2, -0.15) is 0 Å². The van der Waals surface area contributed by atoms with Gasteiger partial charge < -0.3 is 23.8 Å². The van der Waals surface area contributed by atoms with Crippen molar-refractivity contribution in [2.24, 2.45) is 5.92 Å². The molecule has 2 heterocycles. The molecule has 1 aliphatic heterocycles. The Bertz CT molecular complexity index is 937. The maximum absolute atomic E-state index is 13.2. The Kier molecular flexibility index (Phi) is 9.47. The number of rotatable bonds is 11. The molecule has 0 bridgehead atoms. The molecule has 0 unspecified atom stereocenters. The van der Waals surface area contributed by atoms with Gasteiger partial charge in [0.25, 0.3) is 5.91 Å². The van der Waals surface area contributed by atoms with Crippen LogP contribution in [0.5, 0.6) is 5.75 Å². The smallest absolute Gasteiger partial charge is 0.276 e. The molecule has 0 N–H and O–H groups in total. The van der Waals surface area contributed by atoms with Crippen LogP contribution >= 0.6 is 0 Å². The molecule has 34 heavy (non-hydrogen) atoms. The summed E-state index contributed by atoms with van der Waals surface area (Å²) in [4.78, 5) is 31.9. The number of ether oxygens (including phenoxy) is 2. The number of methoxy groups -OCH3 is 2. The summed E-state index contributed by atoms with van der Waals surface area (Å²) in [6.45, 7) is 9.65. The lowest BCUT2D eigenvalue weighted by Gasteiger charge is -2.35. The zero-order valence-corrected chi connectivity index (χ0v) is 20.7. The fourth-order valence-electron chi connectivity index (χ4n) is 4.00. The third kappa shape index (κ3) is 7.04. The Hall–Kier alpha value is -2.91. The molecule has 0 spiro atoms. The van der Waals surface area contributed by atoms with E-state index >= 15 is 0 Å². The molecule has 1 aromatic carbocycles. The molecule has 0 atom stereocenters. The summed E-state index contributed by atoms with van der Waals surface area (Å²) in [5.41, 5.74) is 1.01. The number of benzene rings is 1. The van der Waals surface area contributed by atoms with Crippen molar-refractivity contribution in [3.8, 4) is 17.1 Å². The molecule has 0 aliphatic carbocycles. The van der Waals surface area contributed by atoms with E-state index in [4.69, 9.17) is 14.0 Å². The van der Waals surface area contributed by atoms with Crippen LogP contribution in [0.3, 0.4) is 0 Å². The number of piperazine rings is 1. The highest BCUT2D eigenvalue weighted by Gasteiger charge is 2.25. The van der Waals surface area contributed by atoms with E-state index in [0.717, 1.165) is 25.2 Å². The summed E-state index contributed by atoms with van der Waals surface area (Å²) in [5, 5.41) is 4.01. The molecule has 9 heteroatoms. The zero-order valence-electron chi connectivity index (χ0n) is 20.7. The molecular weight excluding hydrogens is 436 g/mol. The summed E-state index contributed by atoms with van der Waals surface area (Å²) in [7, 11) is 3.30. The van der Waals surface area contributed by atoms with Crippen LogP contribution in [0.25, 0.3) is 11.3 Å². The monoisotopic (exact) mass is 472 g/mol. The minimum Gasteiger partial charge on any atom is -0.497 e. The predicted octanol–water partition coefficient (Wildman–Crippen LogP) is 2.63. The molecule has 2 aromatic rings. The van der Waals surface area contributed by atoms with E-state index in [1.54, 1.807) is 25.2 Å². The third-order valence-electron chi connectivity index (χ3n) is 5.89. The molecule has 186 valence electrons. The fourth-order valence-corrected chi connectivity index (χ4v) is 4.00. The first-order chi connectivity index (χ1) is 16.4. The van der Waals surface area contributed by atoms with Gasteiger partial charge in [0.1, 0.15) is 5.75 Å². The second-order valence-corrected chi connectivity index (χ2v) is 8.92. The van der Waals surface area contributed by atoms with E-state index < -0.39 is 0 Å². The number of carbonyl (C=O) groups excluding carboxylic acids is 2. The summed E-state index contributed by atoms with van der Waals surface area (Å²) in [6.07, 6.45) is 0.289. The van der Waals surface area contributed by atoms with Crippen LogP contribution < -0.4 is 4.74 Å². The molecule has 2 amide bonds. The molecule has 1 saturated heterocycles. The van der Waals surface area contributed by atoms with Crippen LogP contribution in [0.15, 0.2) is 34.9 Å². The van der Waals surface area contributed by atoms with Crippen molar-refractivity contribution >= 4 is 11.8 Å². The number of aromatic nitrogens is 1. The molecular formula is C25H36N4O5. The maximum atomic E-state index is 13.2. The van der Waals surface area contributed by atoms with Crippen molar-refractivity contribution in [3.05, 3.63) is 36.0 Å². The lowest BCUT2D eigenvalue weighted by molar-refractivity contribution is -0.133. The average Bonchev–Trinajstić information content (AvgIpc) is 3.35. The van der Waals surface area contributed by atoms with Gasteiger partial charge in [-0.25, -0.2) is 0 Å². The standard InChI is InChI=1S/C25H36N4O5/c1-19(2)18-29(9-8-24(30)28-12-10-27(11-13-28)14-15-32-3)25(31)22-17-23(34-26-22)20-6-5-7-21(16-20)33-4/h5-7,16-17,19H,8-15,18H2,1-4H3. The first-order valence-electron chi connectivity index (χ1n) is 11.8. The highest BCUT2D eigenvalue weighted by Crippen LogP contribution is 2.25. The Labute approximate surface area is 201 Å². The van der Waals surface area contributed by atoms with Gasteiger partial charge in [0.15, 0.2) is 11.5 Å². The van der Waals surface area contributed by atoms with Gasteiger partial charge in [-0.15, -0.1) is 0 Å². The predicted molar refractivity (Wildman–Crippen MR) is 129 cm³/mol. The molecule has 0 radical (unpaired) electrons. The van der Waals surface area contributed by atoms with Gasteiger partial charge >= 0.3 is 0 Å². The number of amides is 2. The Morgan fingerprint density at radius 1 is 1.15 bits per heavy atom. The lowest BCUT2D eigenvalue weighted by Crippen LogP contribution is -2.50. The second kappa shape index (κ2) is 12.5. The zero-order chi connectivity index (χ0) is 24.5. The Morgan fingerprint density at radius 2 is 1.91 bits per heavy atom. The van der Waals surface area contributed by atoms with Crippen molar-refractivity contribution in [1.29, 1.82) is 0 Å². The highest BCUT2D eigenvalue weighted by atomic mass is 16.5. The molecule has 3 rings (SSSR count). The number of carbonyl (C=O) groups is 2. The van der Waals surface area contributed by atoms with Gasteiger partial charge in [-0.05, 0) is 18.1 Å². The van der Waals surface area contributed by atoms with Gasteiger partial charge in [-0.1, -0.05) is 31.1 Å². The van der Waals surface area contributed by atoms with E-state index in [1.165, 1.54) is 0 Å².